The fourth-order valence-electron chi connectivity index (χ4n) is 1.12. The van der Waals surface area contributed by atoms with E-state index in [0.717, 1.165) is 0 Å². The van der Waals surface area contributed by atoms with Crippen LogP contribution in [0.15, 0.2) is 0 Å². The lowest BCUT2D eigenvalue weighted by atomic mass is 10.1. The minimum atomic E-state index is -1.25. The molecule has 0 fully saturated rings. The number of ether oxygens (including phenoxy) is 2. The van der Waals surface area contributed by atoms with Crippen molar-refractivity contribution in [1.29, 1.82) is 0 Å². The Kier molecular flexibility index (Phi) is 6.84. The summed E-state index contributed by atoms with van der Waals surface area (Å²) in [6.07, 6.45) is -2.09. The molecule has 1 atom stereocenters. The number of carbonyl (C=O) groups is 4. The van der Waals surface area contributed by atoms with Gasteiger partial charge < -0.3 is 20.3 Å². The third kappa shape index (κ3) is 9.03. The van der Waals surface area contributed by atoms with Gasteiger partial charge >= 0.3 is 18.1 Å². The fraction of sp³-hybridized carbons (Fsp3) is 0.667. The van der Waals surface area contributed by atoms with E-state index in [9.17, 15) is 19.2 Å². The molecule has 0 aliphatic carbocycles. The molecule has 1 unspecified atom stereocenters. The van der Waals surface area contributed by atoms with Crippen LogP contribution in [0.2, 0.25) is 0 Å². The Balaban J connectivity index is 4.13. The van der Waals surface area contributed by atoms with Gasteiger partial charge in [0.25, 0.3) is 0 Å². The van der Waals surface area contributed by atoms with Crippen molar-refractivity contribution in [3.8, 4) is 0 Å². The number of carbonyl (C=O) groups excluding carboxylic acids is 3. The Morgan fingerprint density at radius 3 is 2.20 bits per heavy atom. The van der Waals surface area contributed by atoms with E-state index >= 15 is 0 Å². The highest BCUT2D eigenvalue weighted by atomic mass is 16.7. The van der Waals surface area contributed by atoms with Gasteiger partial charge in [-0.2, -0.15) is 0 Å². The van der Waals surface area contributed by atoms with Crippen molar-refractivity contribution < 1.29 is 33.8 Å². The highest BCUT2D eigenvalue weighted by Crippen LogP contribution is 2.09. The fourth-order valence-corrected chi connectivity index (χ4v) is 1.12. The first-order valence-corrected chi connectivity index (χ1v) is 5.95. The van der Waals surface area contributed by atoms with Crippen LogP contribution in [0.25, 0.3) is 0 Å². The summed E-state index contributed by atoms with van der Waals surface area (Å²) in [6.45, 7) is 4.80. The van der Waals surface area contributed by atoms with Crippen molar-refractivity contribution in [3.05, 3.63) is 0 Å². The molecule has 0 saturated carbocycles. The second-order valence-electron chi connectivity index (χ2n) is 5.14. The number of nitrogens with two attached hydrogens (primary N) is 1. The molecule has 0 aromatic heterocycles. The Hall–Kier alpha value is -1.96. The van der Waals surface area contributed by atoms with Crippen LogP contribution in [0.4, 0.5) is 4.79 Å². The zero-order valence-electron chi connectivity index (χ0n) is 11.7. The third-order valence-corrected chi connectivity index (χ3v) is 1.96. The standard InChI is InChI=1S/C12H19NO7/c1-12(2,3)20-11(18)19-10(17)8(13)5-4-7(14)6-9(15)16/h8H,4-6,13H2,1-3H3,(H,15,16). The lowest BCUT2D eigenvalue weighted by Gasteiger charge is -2.18. The first kappa shape index (κ1) is 18.0. The van der Waals surface area contributed by atoms with Crippen LogP contribution in [-0.4, -0.2) is 40.6 Å². The largest absolute Gasteiger partial charge is 0.516 e. The summed E-state index contributed by atoms with van der Waals surface area (Å²) in [5.41, 5.74) is 4.62. The number of Topliss-reactive ketones (excluding diaryl/α,β-unsaturated/α-hetero) is 1. The normalized spacial score (nSPS) is 12.4. The number of hydrogen-bond acceptors (Lipinski definition) is 7. The monoisotopic (exact) mass is 289 g/mol. The first-order valence-electron chi connectivity index (χ1n) is 5.95. The van der Waals surface area contributed by atoms with Gasteiger partial charge in [-0.3, -0.25) is 9.59 Å². The smallest absolute Gasteiger partial charge is 0.481 e. The van der Waals surface area contributed by atoms with E-state index < -0.39 is 41.9 Å². The molecule has 0 radical (unpaired) electrons. The molecule has 114 valence electrons. The summed E-state index contributed by atoms with van der Waals surface area (Å²) < 4.78 is 9.10. The van der Waals surface area contributed by atoms with Crippen LogP contribution in [0.1, 0.15) is 40.0 Å². The molecule has 0 aromatic carbocycles. The van der Waals surface area contributed by atoms with E-state index in [1.54, 1.807) is 20.8 Å². The SMILES string of the molecule is CC(C)(C)OC(=O)OC(=O)C(N)CCC(=O)CC(=O)O. The van der Waals surface area contributed by atoms with E-state index in [0.29, 0.717) is 0 Å². The van der Waals surface area contributed by atoms with Crippen molar-refractivity contribution in [2.24, 2.45) is 5.73 Å². The van der Waals surface area contributed by atoms with Crippen LogP contribution in [-0.2, 0) is 23.9 Å². The van der Waals surface area contributed by atoms with Crippen LogP contribution in [0.3, 0.4) is 0 Å². The first-order chi connectivity index (χ1) is 9.01. The molecule has 20 heavy (non-hydrogen) atoms. The van der Waals surface area contributed by atoms with E-state index in [2.05, 4.69) is 4.74 Å². The number of carboxylic acids is 1. The number of hydrogen-bond donors (Lipinski definition) is 2. The Labute approximate surface area is 116 Å². The van der Waals surface area contributed by atoms with Gasteiger partial charge in [-0.05, 0) is 27.2 Å². The van der Waals surface area contributed by atoms with Gasteiger partial charge in [0.2, 0.25) is 0 Å². The van der Waals surface area contributed by atoms with Crippen LogP contribution < -0.4 is 5.73 Å². The Morgan fingerprint density at radius 2 is 1.75 bits per heavy atom. The van der Waals surface area contributed by atoms with Gasteiger partial charge in [-0.15, -0.1) is 0 Å². The number of aliphatic carboxylic acids is 1. The van der Waals surface area contributed by atoms with Crippen molar-refractivity contribution in [2.45, 2.75) is 51.7 Å². The molecule has 8 heteroatoms. The molecule has 0 spiro atoms. The molecule has 8 nitrogen and oxygen atoms in total. The Morgan fingerprint density at radius 1 is 1.20 bits per heavy atom. The van der Waals surface area contributed by atoms with Crippen molar-refractivity contribution in [3.63, 3.8) is 0 Å². The average Bonchev–Trinajstić information content (AvgIpc) is 2.21. The zero-order chi connectivity index (χ0) is 15.9. The molecule has 0 aliphatic heterocycles. The highest BCUT2D eigenvalue weighted by Gasteiger charge is 2.24. The number of esters is 1. The van der Waals surface area contributed by atoms with Crippen LogP contribution in [0.5, 0.6) is 0 Å². The zero-order valence-corrected chi connectivity index (χ0v) is 11.7. The molecule has 0 heterocycles. The van der Waals surface area contributed by atoms with Crippen molar-refractivity contribution in [1.82, 2.24) is 0 Å². The maximum absolute atomic E-state index is 11.4. The van der Waals surface area contributed by atoms with Gasteiger partial charge in [-0.1, -0.05) is 0 Å². The lowest BCUT2D eigenvalue weighted by Crippen LogP contribution is -2.36. The maximum Gasteiger partial charge on any atom is 0.516 e. The number of carboxylic acid groups (broad SMARTS) is 1. The minimum Gasteiger partial charge on any atom is -0.481 e. The molecular formula is C12H19NO7. The number of rotatable bonds is 6. The van der Waals surface area contributed by atoms with E-state index in [4.69, 9.17) is 15.6 Å². The molecule has 3 N–H and O–H groups in total. The molecule has 0 aliphatic rings. The second-order valence-corrected chi connectivity index (χ2v) is 5.14. The summed E-state index contributed by atoms with van der Waals surface area (Å²) in [5, 5.41) is 8.38. The summed E-state index contributed by atoms with van der Waals surface area (Å²) in [5.74, 6) is -2.83. The van der Waals surface area contributed by atoms with Crippen molar-refractivity contribution in [2.75, 3.05) is 0 Å². The van der Waals surface area contributed by atoms with Gasteiger partial charge in [-0.25, -0.2) is 9.59 Å². The average molecular weight is 289 g/mol. The predicted molar refractivity (Wildman–Crippen MR) is 66.8 cm³/mol. The Bertz CT molecular complexity index is 397. The minimum absolute atomic E-state index is 0.103. The lowest BCUT2D eigenvalue weighted by molar-refractivity contribution is -0.143. The van der Waals surface area contributed by atoms with Gasteiger partial charge in [0.15, 0.2) is 0 Å². The molecule has 0 bridgehead atoms. The highest BCUT2D eigenvalue weighted by molar-refractivity contribution is 5.95. The third-order valence-electron chi connectivity index (χ3n) is 1.96. The molecule has 0 aromatic rings. The summed E-state index contributed by atoms with van der Waals surface area (Å²) in [6, 6.07) is -1.19. The van der Waals surface area contributed by atoms with E-state index in [-0.39, 0.29) is 12.8 Å². The summed E-state index contributed by atoms with van der Waals surface area (Å²) >= 11 is 0. The van der Waals surface area contributed by atoms with E-state index in [1.165, 1.54) is 0 Å². The van der Waals surface area contributed by atoms with Gasteiger partial charge in [0.1, 0.15) is 23.8 Å². The van der Waals surface area contributed by atoms with Gasteiger partial charge in [0, 0.05) is 6.42 Å². The van der Waals surface area contributed by atoms with Crippen LogP contribution in [0, 0.1) is 0 Å². The predicted octanol–water partition coefficient (Wildman–Crippen LogP) is 0.616. The van der Waals surface area contributed by atoms with Crippen LogP contribution >= 0.6 is 0 Å². The quantitative estimate of drug-likeness (QED) is 0.537. The molecular weight excluding hydrogens is 270 g/mol. The summed E-state index contributed by atoms with van der Waals surface area (Å²) in [4.78, 5) is 44.0. The number of ketones is 1. The molecule has 0 amide bonds. The van der Waals surface area contributed by atoms with E-state index in [1.807, 2.05) is 0 Å². The molecule has 0 rings (SSSR count). The maximum atomic E-state index is 11.4. The summed E-state index contributed by atoms with van der Waals surface area (Å²) in [7, 11) is 0. The van der Waals surface area contributed by atoms with Gasteiger partial charge in [0.05, 0.1) is 0 Å². The topological polar surface area (TPSA) is 133 Å². The molecule has 0 saturated heterocycles. The van der Waals surface area contributed by atoms with Crippen molar-refractivity contribution >= 4 is 23.9 Å². The second kappa shape index (κ2) is 7.59.